The van der Waals surface area contributed by atoms with E-state index in [0.717, 1.165) is 5.56 Å². The number of carbonyl (C=O) groups excluding carboxylic acids is 1. The first kappa shape index (κ1) is 19.9. The van der Waals surface area contributed by atoms with Crippen molar-refractivity contribution in [2.24, 2.45) is 7.05 Å². The fourth-order valence-corrected chi connectivity index (χ4v) is 4.15. The Labute approximate surface area is 166 Å². The molecule has 0 aliphatic heterocycles. The van der Waals surface area contributed by atoms with Crippen LogP contribution in [0.4, 0.5) is 0 Å². The number of amides is 1. The summed E-state index contributed by atoms with van der Waals surface area (Å²) < 4.78 is 12.0. The summed E-state index contributed by atoms with van der Waals surface area (Å²) in [6.07, 6.45) is 0.648. The van der Waals surface area contributed by atoms with Crippen molar-refractivity contribution in [1.29, 1.82) is 0 Å². The number of ether oxygens (including phenoxy) is 2. The number of hydrogen-bond donors (Lipinski definition) is 1. The summed E-state index contributed by atoms with van der Waals surface area (Å²) in [6.45, 7) is 4.03. The molecule has 2 aromatic heterocycles. The SMILES string of the molecule is COc1ccc(CCNC(=O)c2sc3nc(C)n(C)c(=O)c3c2C)cc1OC. The maximum atomic E-state index is 12.6. The van der Waals surface area contributed by atoms with Crippen LogP contribution in [-0.4, -0.2) is 36.2 Å². The van der Waals surface area contributed by atoms with Crippen molar-refractivity contribution in [3.8, 4) is 11.5 Å². The van der Waals surface area contributed by atoms with Gasteiger partial charge in [-0.2, -0.15) is 0 Å². The smallest absolute Gasteiger partial charge is 0.262 e. The molecule has 7 nitrogen and oxygen atoms in total. The number of nitrogens with one attached hydrogen (secondary N) is 1. The Kier molecular flexibility index (Phi) is 5.69. The average Bonchev–Trinajstić information content (AvgIpc) is 3.02. The highest BCUT2D eigenvalue weighted by molar-refractivity contribution is 7.20. The van der Waals surface area contributed by atoms with Crippen LogP contribution >= 0.6 is 11.3 Å². The van der Waals surface area contributed by atoms with Crippen LogP contribution in [0.3, 0.4) is 0 Å². The van der Waals surface area contributed by atoms with E-state index in [1.807, 2.05) is 18.2 Å². The van der Waals surface area contributed by atoms with Crippen molar-refractivity contribution >= 4 is 27.5 Å². The first-order chi connectivity index (χ1) is 13.4. The number of aryl methyl sites for hydroxylation is 2. The molecule has 0 radical (unpaired) electrons. The third kappa shape index (κ3) is 3.60. The molecule has 8 heteroatoms. The standard InChI is InChI=1S/C20H23N3O4S/c1-11-16-19(22-12(2)23(3)20(16)25)28-17(11)18(24)21-9-8-13-6-7-14(26-4)15(10-13)27-5/h6-7,10H,8-9H2,1-5H3,(H,21,24). The van der Waals surface area contributed by atoms with Crippen LogP contribution < -0.4 is 20.3 Å². The molecular weight excluding hydrogens is 378 g/mol. The molecule has 0 bridgehead atoms. The highest BCUT2D eigenvalue weighted by Gasteiger charge is 2.19. The van der Waals surface area contributed by atoms with E-state index in [1.54, 1.807) is 35.1 Å². The van der Waals surface area contributed by atoms with Crippen LogP contribution in [0.5, 0.6) is 11.5 Å². The van der Waals surface area contributed by atoms with Gasteiger partial charge in [-0.3, -0.25) is 14.2 Å². The number of benzene rings is 1. The van der Waals surface area contributed by atoms with Crippen molar-refractivity contribution in [3.05, 3.63) is 50.4 Å². The summed E-state index contributed by atoms with van der Waals surface area (Å²) in [4.78, 5) is 30.7. The van der Waals surface area contributed by atoms with Gasteiger partial charge in [-0.15, -0.1) is 11.3 Å². The maximum Gasteiger partial charge on any atom is 0.262 e. The number of nitrogens with zero attached hydrogens (tertiary/aromatic N) is 2. The van der Waals surface area contributed by atoms with E-state index in [4.69, 9.17) is 9.47 Å². The lowest BCUT2D eigenvalue weighted by atomic mass is 10.1. The van der Waals surface area contributed by atoms with Crippen molar-refractivity contribution in [2.75, 3.05) is 20.8 Å². The minimum Gasteiger partial charge on any atom is -0.493 e. The highest BCUT2D eigenvalue weighted by atomic mass is 32.1. The lowest BCUT2D eigenvalue weighted by Crippen LogP contribution is -2.25. The lowest BCUT2D eigenvalue weighted by Gasteiger charge is -2.10. The molecule has 1 N–H and O–H groups in total. The summed E-state index contributed by atoms with van der Waals surface area (Å²) >= 11 is 1.25. The van der Waals surface area contributed by atoms with E-state index in [0.29, 0.717) is 50.9 Å². The Hall–Kier alpha value is -2.87. The molecule has 0 atom stereocenters. The van der Waals surface area contributed by atoms with Gasteiger partial charge in [-0.05, 0) is 43.5 Å². The van der Waals surface area contributed by atoms with Gasteiger partial charge in [0.15, 0.2) is 11.5 Å². The summed E-state index contributed by atoms with van der Waals surface area (Å²) in [6, 6.07) is 5.68. The van der Waals surface area contributed by atoms with Crippen LogP contribution in [0.1, 0.15) is 26.6 Å². The molecule has 1 aromatic carbocycles. The Morgan fingerprint density at radius 2 is 1.93 bits per heavy atom. The lowest BCUT2D eigenvalue weighted by molar-refractivity contribution is 0.0957. The fraction of sp³-hybridized carbons (Fsp3) is 0.350. The zero-order valence-corrected chi connectivity index (χ0v) is 17.4. The van der Waals surface area contributed by atoms with Gasteiger partial charge in [0, 0.05) is 13.6 Å². The normalized spacial score (nSPS) is 10.9. The van der Waals surface area contributed by atoms with E-state index in [9.17, 15) is 9.59 Å². The molecule has 2 heterocycles. The predicted molar refractivity (Wildman–Crippen MR) is 110 cm³/mol. The molecule has 0 unspecified atom stereocenters. The zero-order valence-electron chi connectivity index (χ0n) is 16.6. The minimum absolute atomic E-state index is 0.124. The van der Waals surface area contributed by atoms with Gasteiger partial charge in [-0.25, -0.2) is 4.98 Å². The van der Waals surface area contributed by atoms with Gasteiger partial charge in [0.25, 0.3) is 11.5 Å². The largest absolute Gasteiger partial charge is 0.493 e. The van der Waals surface area contributed by atoms with E-state index in [2.05, 4.69) is 10.3 Å². The number of hydrogen-bond acceptors (Lipinski definition) is 6. The Morgan fingerprint density at radius 3 is 2.61 bits per heavy atom. The van der Waals surface area contributed by atoms with Crippen molar-refractivity contribution in [3.63, 3.8) is 0 Å². The molecular formula is C20H23N3O4S. The third-order valence-electron chi connectivity index (χ3n) is 4.75. The Balaban J connectivity index is 1.75. The predicted octanol–water partition coefficient (Wildman–Crippen LogP) is 2.60. The minimum atomic E-state index is -0.194. The van der Waals surface area contributed by atoms with Gasteiger partial charge >= 0.3 is 0 Å². The van der Waals surface area contributed by atoms with Crippen LogP contribution in [0, 0.1) is 13.8 Å². The van der Waals surface area contributed by atoms with Gasteiger partial charge in [-0.1, -0.05) is 6.07 Å². The summed E-state index contributed by atoms with van der Waals surface area (Å²) in [5.74, 6) is 1.75. The quantitative estimate of drug-likeness (QED) is 0.687. The second-order valence-corrected chi connectivity index (χ2v) is 7.45. The van der Waals surface area contributed by atoms with E-state index < -0.39 is 0 Å². The summed E-state index contributed by atoms with van der Waals surface area (Å²) in [5.41, 5.74) is 1.58. The van der Waals surface area contributed by atoms with E-state index in [-0.39, 0.29) is 11.5 Å². The van der Waals surface area contributed by atoms with E-state index >= 15 is 0 Å². The molecule has 0 saturated carbocycles. The second kappa shape index (κ2) is 8.02. The molecule has 28 heavy (non-hydrogen) atoms. The number of methoxy groups -OCH3 is 2. The molecule has 0 aliphatic carbocycles. The molecule has 0 spiro atoms. The number of carbonyl (C=O) groups is 1. The third-order valence-corrected chi connectivity index (χ3v) is 5.93. The molecule has 148 valence electrons. The van der Waals surface area contributed by atoms with Gasteiger partial charge in [0.05, 0.1) is 24.5 Å². The van der Waals surface area contributed by atoms with Crippen LogP contribution in [-0.2, 0) is 13.5 Å². The number of rotatable bonds is 6. The Bertz CT molecular complexity index is 1100. The maximum absolute atomic E-state index is 12.6. The zero-order chi connectivity index (χ0) is 20.4. The van der Waals surface area contributed by atoms with Crippen LogP contribution in [0.25, 0.3) is 10.2 Å². The second-order valence-electron chi connectivity index (χ2n) is 6.45. The first-order valence-corrected chi connectivity index (χ1v) is 9.64. The molecule has 3 aromatic rings. The summed E-state index contributed by atoms with van der Waals surface area (Å²) in [5, 5.41) is 3.44. The molecule has 0 saturated heterocycles. The molecule has 1 amide bonds. The molecule has 0 aliphatic rings. The van der Waals surface area contributed by atoms with Crippen molar-refractivity contribution < 1.29 is 14.3 Å². The number of aromatic nitrogens is 2. The topological polar surface area (TPSA) is 82.5 Å². The number of fused-ring (bicyclic) bond motifs is 1. The monoisotopic (exact) mass is 401 g/mol. The van der Waals surface area contributed by atoms with Crippen LogP contribution in [0.15, 0.2) is 23.0 Å². The van der Waals surface area contributed by atoms with Crippen molar-refractivity contribution in [2.45, 2.75) is 20.3 Å². The van der Waals surface area contributed by atoms with Gasteiger partial charge in [0.2, 0.25) is 0 Å². The average molecular weight is 401 g/mol. The highest BCUT2D eigenvalue weighted by Crippen LogP contribution is 2.28. The first-order valence-electron chi connectivity index (χ1n) is 8.83. The summed E-state index contributed by atoms with van der Waals surface area (Å²) in [7, 11) is 4.87. The number of thiophene rings is 1. The fourth-order valence-electron chi connectivity index (χ4n) is 3.02. The van der Waals surface area contributed by atoms with Gasteiger partial charge in [0.1, 0.15) is 10.7 Å². The van der Waals surface area contributed by atoms with Gasteiger partial charge < -0.3 is 14.8 Å². The molecule has 0 fully saturated rings. The molecule has 3 rings (SSSR count). The van der Waals surface area contributed by atoms with E-state index in [1.165, 1.54) is 15.9 Å². The Morgan fingerprint density at radius 1 is 1.21 bits per heavy atom. The van der Waals surface area contributed by atoms with Crippen molar-refractivity contribution in [1.82, 2.24) is 14.9 Å². The van der Waals surface area contributed by atoms with Crippen LogP contribution in [0.2, 0.25) is 0 Å².